The van der Waals surface area contributed by atoms with Gasteiger partial charge < -0.3 is 0 Å². The molecule has 0 saturated carbocycles. The van der Waals surface area contributed by atoms with Crippen molar-refractivity contribution in [2.45, 2.75) is 0 Å². The second-order valence-corrected chi connectivity index (χ2v) is 0.600. The fourth-order valence-corrected chi connectivity index (χ4v) is 0. The van der Waals surface area contributed by atoms with Gasteiger partial charge in [-0.15, -0.1) is 16.8 Å². The van der Waals surface area contributed by atoms with E-state index in [9.17, 15) is 0 Å². The second-order valence-electron chi connectivity index (χ2n) is 0.600. The molecule has 0 rings (SSSR count). The van der Waals surface area contributed by atoms with Crippen LogP contribution in [0.25, 0.3) is 0 Å². The fourth-order valence-electron chi connectivity index (χ4n) is 0. The van der Waals surface area contributed by atoms with Gasteiger partial charge in [-0.3, -0.25) is 0 Å². The zero-order valence-electron chi connectivity index (χ0n) is 2.73. The molecular formula is C2H6N3+. The summed E-state index contributed by atoms with van der Waals surface area (Å²) in [6.45, 7) is 0. The lowest BCUT2D eigenvalue weighted by Crippen LogP contribution is -3.19. The highest BCUT2D eigenvalue weighted by molar-refractivity contribution is 4.61. The molecule has 0 saturated heterocycles. The number of nitrogens with two attached hydrogens (primary N) is 2. The Morgan fingerprint density at radius 1 is 1.60 bits per heavy atom. The van der Waals surface area contributed by atoms with E-state index in [0.29, 0.717) is 0 Å². The van der Waals surface area contributed by atoms with Crippen LogP contribution < -0.4 is 16.8 Å². The molecule has 0 aromatic carbocycles. The topological polar surface area (TPSA) is 56.5 Å². The maximum atomic E-state index is 4.75. The molecule has 3 nitrogen and oxygen atoms in total. The first-order chi connectivity index (χ1) is 2.27. The van der Waals surface area contributed by atoms with Gasteiger partial charge in [-0.25, -0.2) is 0 Å². The van der Waals surface area contributed by atoms with E-state index in [1.165, 1.54) is 0 Å². The molecule has 0 aliphatic rings. The molecule has 0 aliphatic carbocycles. The molecule has 0 aliphatic heterocycles. The molecule has 28 valence electrons. The third-order valence-electron chi connectivity index (χ3n) is 0.167. The quantitative estimate of drug-likeness (QED) is 0.164. The van der Waals surface area contributed by atoms with Crippen molar-refractivity contribution < 1.29 is 5.12 Å². The van der Waals surface area contributed by atoms with Gasteiger partial charge in [0.15, 0.2) is 6.04 Å². The smallest absolute Gasteiger partial charge is 0.149 e. The molecule has 0 aromatic rings. The second kappa shape index (κ2) is 1.73. The van der Waals surface area contributed by atoms with E-state index in [2.05, 4.69) is 6.42 Å². The SMILES string of the molecule is C#C[NH+](N)N. The molecule has 0 heterocycles. The molecule has 0 radical (unpaired) electrons. The Kier molecular flexibility index (Phi) is 1.54. The molecular weight excluding hydrogens is 66.0 g/mol. The number of hydrogen-bond donors (Lipinski definition) is 3. The third-order valence-corrected chi connectivity index (χ3v) is 0.167. The molecule has 0 atom stereocenters. The van der Waals surface area contributed by atoms with Crippen molar-refractivity contribution in [1.82, 2.24) is 0 Å². The lowest BCUT2D eigenvalue weighted by molar-refractivity contribution is -0.855. The molecule has 0 aromatic heterocycles. The van der Waals surface area contributed by atoms with Crippen molar-refractivity contribution in [3.05, 3.63) is 0 Å². The van der Waals surface area contributed by atoms with Crippen LogP contribution in [0.1, 0.15) is 0 Å². The van der Waals surface area contributed by atoms with Gasteiger partial charge in [0.05, 0.1) is 0 Å². The van der Waals surface area contributed by atoms with Crippen molar-refractivity contribution in [1.29, 1.82) is 0 Å². The summed E-state index contributed by atoms with van der Waals surface area (Å²) < 4.78 is 0. The summed E-state index contributed by atoms with van der Waals surface area (Å²) in [5, 5.41) is 0.0324. The summed E-state index contributed by atoms with van der Waals surface area (Å²) in [5.74, 6) is 9.50. The Hall–Kier alpha value is -0.560. The van der Waals surface area contributed by atoms with Crippen LogP contribution in [0.4, 0.5) is 0 Å². The largest absolute Gasteiger partial charge is 0.174 e. The Bertz CT molecular complexity index is 50.4. The monoisotopic (exact) mass is 72.1 g/mol. The molecule has 5 heavy (non-hydrogen) atoms. The Morgan fingerprint density at radius 3 is 1.80 bits per heavy atom. The van der Waals surface area contributed by atoms with Gasteiger partial charge in [-0.1, -0.05) is 6.42 Å². The van der Waals surface area contributed by atoms with Gasteiger partial charge in [0.1, 0.15) is 0 Å². The van der Waals surface area contributed by atoms with Gasteiger partial charge in [-0.05, 0) is 0 Å². The third kappa shape index (κ3) is 3.44. The maximum absolute atomic E-state index is 4.75. The van der Waals surface area contributed by atoms with Gasteiger partial charge in [0.25, 0.3) is 0 Å². The van der Waals surface area contributed by atoms with E-state index in [1.54, 1.807) is 0 Å². The molecule has 0 unspecified atom stereocenters. The van der Waals surface area contributed by atoms with Crippen molar-refractivity contribution >= 4 is 0 Å². The summed E-state index contributed by atoms with van der Waals surface area (Å²) in [6.07, 6.45) is 4.63. The summed E-state index contributed by atoms with van der Waals surface area (Å²) in [4.78, 5) is 0. The van der Waals surface area contributed by atoms with Gasteiger partial charge in [0.2, 0.25) is 0 Å². The van der Waals surface area contributed by atoms with Gasteiger partial charge >= 0.3 is 0 Å². The lowest BCUT2D eigenvalue weighted by atomic mass is 11.2. The van der Waals surface area contributed by atoms with Crippen LogP contribution in [0.3, 0.4) is 0 Å². The Balaban J connectivity index is 2.94. The van der Waals surface area contributed by atoms with E-state index < -0.39 is 0 Å². The molecule has 3 heteroatoms. The van der Waals surface area contributed by atoms with Crippen LogP contribution in [0.15, 0.2) is 0 Å². The summed E-state index contributed by atoms with van der Waals surface area (Å²) in [5.41, 5.74) is 0. The fraction of sp³-hybridized carbons (Fsp3) is 0. The maximum Gasteiger partial charge on any atom is 0.174 e. The Morgan fingerprint density at radius 2 is 1.80 bits per heavy atom. The molecule has 5 N–H and O–H groups in total. The number of hydrogen-bond acceptors (Lipinski definition) is 2. The average molecular weight is 72.1 g/mol. The minimum atomic E-state index is 0.0324. The highest BCUT2D eigenvalue weighted by Crippen LogP contribution is 0.915. The minimum absolute atomic E-state index is 0.0324. The van der Waals surface area contributed by atoms with Crippen LogP contribution in [-0.4, -0.2) is 0 Å². The normalized spacial score (nSPS) is 7.60. The van der Waals surface area contributed by atoms with Crippen molar-refractivity contribution in [3.8, 4) is 12.5 Å². The first kappa shape index (κ1) is 4.44. The molecule has 0 bridgehead atoms. The van der Waals surface area contributed by atoms with Crippen molar-refractivity contribution in [3.63, 3.8) is 0 Å². The number of rotatable bonds is 0. The predicted molar refractivity (Wildman–Crippen MR) is 18.2 cm³/mol. The van der Waals surface area contributed by atoms with Crippen molar-refractivity contribution in [2.24, 2.45) is 11.7 Å². The lowest BCUT2D eigenvalue weighted by Gasteiger charge is -1.84. The predicted octanol–water partition coefficient (Wildman–Crippen LogP) is -2.79. The van der Waals surface area contributed by atoms with Gasteiger partial charge in [0, 0.05) is 0 Å². The highest BCUT2D eigenvalue weighted by atomic mass is 15.6. The summed E-state index contributed by atoms with van der Waals surface area (Å²) >= 11 is 0. The molecule has 0 amide bonds. The van der Waals surface area contributed by atoms with Crippen LogP contribution in [0.2, 0.25) is 0 Å². The van der Waals surface area contributed by atoms with Crippen LogP contribution in [-0.2, 0) is 0 Å². The molecule has 0 fully saturated rings. The standard InChI is InChI=1S/C2H5N3/c1-2-5(3)4/h1H,3-4H2/p+1. The van der Waals surface area contributed by atoms with Crippen LogP contribution in [0, 0.1) is 12.5 Å². The number of nitrogens with one attached hydrogen (secondary N) is 1. The highest BCUT2D eigenvalue weighted by Gasteiger charge is 1.71. The van der Waals surface area contributed by atoms with E-state index in [0.717, 1.165) is 0 Å². The number of quaternary nitrogens is 1. The Labute approximate surface area is 30.5 Å². The van der Waals surface area contributed by atoms with E-state index >= 15 is 0 Å². The molecule has 0 spiro atoms. The van der Waals surface area contributed by atoms with Crippen molar-refractivity contribution in [2.75, 3.05) is 0 Å². The minimum Gasteiger partial charge on any atom is -0.149 e. The summed E-state index contributed by atoms with van der Waals surface area (Å²) in [6, 6.07) is 2.00. The van der Waals surface area contributed by atoms with Gasteiger partial charge in [-0.2, -0.15) is 0 Å². The van der Waals surface area contributed by atoms with E-state index in [-0.39, 0.29) is 5.12 Å². The zero-order valence-corrected chi connectivity index (χ0v) is 2.73. The van der Waals surface area contributed by atoms with Crippen LogP contribution >= 0.6 is 0 Å². The number of terminal acetylenes is 1. The average Bonchev–Trinajstić information content (AvgIpc) is 1.38. The zero-order chi connectivity index (χ0) is 4.28. The summed E-state index contributed by atoms with van der Waals surface area (Å²) in [7, 11) is 0. The van der Waals surface area contributed by atoms with E-state index in [4.69, 9.17) is 11.7 Å². The first-order valence-corrected chi connectivity index (χ1v) is 1.12. The first-order valence-electron chi connectivity index (χ1n) is 1.12. The van der Waals surface area contributed by atoms with E-state index in [1.807, 2.05) is 6.04 Å². The van der Waals surface area contributed by atoms with Crippen LogP contribution in [0.5, 0.6) is 0 Å².